The third kappa shape index (κ3) is 9.16. The maximum Gasteiger partial charge on any atom is 0.333 e. The molecule has 1 aromatic carbocycles. The summed E-state index contributed by atoms with van der Waals surface area (Å²) in [4.78, 5) is 26.6. The fourth-order valence-electron chi connectivity index (χ4n) is 11.5. The van der Waals surface area contributed by atoms with Crippen molar-refractivity contribution in [2.75, 3.05) is 6.61 Å². The van der Waals surface area contributed by atoms with Gasteiger partial charge in [0.1, 0.15) is 29.5 Å². The van der Waals surface area contributed by atoms with E-state index >= 15 is 0 Å². The Morgan fingerprint density at radius 2 is 1.67 bits per heavy atom. The Bertz CT molecular complexity index is 1850. The highest BCUT2D eigenvalue weighted by atomic mass is 16.5. The van der Waals surface area contributed by atoms with E-state index in [1.807, 2.05) is 0 Å². The van der Waals surface area contributed by atoms with Gasteiger partial charge in [0.15, 0.2) is 0 Å². The third-order valence-electron chi connectivity index (χ3n) is 15.7. The molecule has 2 saturated carbocycles. The van der Waals surface area contributed by atoms with E-state index < -0.39 is 17.7 Å². The minimum Gasteiger partial charge on any atom is -0.508 e. The summed E-state index contributed by atoms with van der Waals surface area (Å²) in [5, 5.41) is 43.1. The molecule has 0 bridgehead atoms. The van der Waals surface area contributed by atoms with Crippen molar-refractivity contribution in [2.24, 2.45) is 39.4 Å². The molecular weight excluding hydrogens is 725 g/mol. The average molecular weight is 799 g/mol. The summed E-state index contributed by atoms with van der Waals surface area (Å²) < 4.78 is 5.71. The Hall–Kier alpha value is -3.42. The number of aliphatic hydroxyl groups excluding tert-OH is 1. The zero-order valence-corrected chi connectivity index (χ0v) is 37.3. The van der Waals surface area contributed by atoms with Gasteiger partial charge < -0.3 is 25.2 Å². The fourth-order valence-corrected chi connectivity index (χ4v) is 11.5. The Labute approximate surface area is 349 Å². The highest BCUT2D eigenvalue weighted by Gasteiger charge is 2.63. The second-order valence-corrected chi connectivity index (χ2v) is 20.3. The first-order chi connectivity index (χ1) is 27.1. The lowest BCUT2D eigenvalue weighted by Crippen LogP contribution is -2.53. The number of aromatic hydroxyl groups is 2. The van der Waals surface area contributed by atoms with Crippen molar-refractivity contribution >= 4 is 11.8 Å². The molecule has 0 unspecified atom stereocenters. The second-order valence-electron chi connectivity index (χ2n) is 20.3. The van der Waals surface area contributed by atoms with Crippen molar-refractivity contribution in [1.82, 2.24) is 0 Å². The molecule has 0 radical (unpaired) electrons. The van der Waals surface area contributed by atoms with Crippen molar-refractivity contribution in [3.05, 3.63) is 82.0 Å². The van der Waals surface area contributed by atoms with Gasteiger partial charge in [0, 0.05) is 23.0 Å². The Balaban J connectivity index is 1.21. The zero-order chi connectivity index (χ0) is 42.8. The Morgan fingerprint density at radius 3 is 2.38 bits per heavy atom. The van der Waals surface area contributed by atoms with Crippen molar-refractivity contribution in [1.29, 1.82) is 0 Å². The lowest BCUT2D eigenvalue weighted by Gasteiger charge is -2.59. The van der Waals surface area contributed by atoms with E-state index in [2.05, 4.69) is 86.6 Å². The van der Waals surface area contributed by atoms with Crippen LogP contribution in [-0.2, 0) is 20.7 Å². The molecular formula is C51H74O7. The molecule has 320 valence electrons. The number of hydrogen-bond acceptors (Lipinski definition) is 7. The standard InChI is InChI=1S/C51H74O7/c1-33(2)13-11-14-34(3)15-12-16-36(18-19-37-31-38(52)20-22-42(37)53)46(56)58-32-51(10,57)45(55)24-17-35(4)39-25-29-50(9)41-21-23-43-47(5,6)44(54)27-28-48(43,7)40(41)26-30-49(39,50)8/h13,15,18,20-22,26,31,35,39,43,45,52-53,55,57H,11-12,14,16-17,19,23-25,27-30,32H2,1-10H3/b34-15+,36-18+/t35-,39-,43+,45+,48-,49-,50+,51-/m1/s1. The number of Topliss-reactive ketones (excluding diaryl/α,β-unsaturated/α-hetero) is 1. The molecule has 0 aliphatic heterocycles. The number of hydrogen-bond donors (Lipinski definition) is 4. The molecule has 7 nitrogen and oxygen atoms in total. The number of aliphatic hydroxyl groups is 2. The van der Waals surface area contributed by atoms with Crippen LogP contribution in [0, 0.1) is 39.4 Å². The number of benzene rings is 1. The van der Waals surface area contributed by atoms with Gasteiger partial charge in [-0.05, 0) is 168 Å². The predicted octanol–water partition coefficient (Wildman–Crippen LogP) is 11.2. The number of phenolic OH excluding ortho intramolecular Hbond substituents is 2. The van der Waals surface area contributed by atoms with Gasteiger partial charge in [0.2, 0.25) is 0 Å². The fraction of sp³-hybridized carbons (Fsp3) is 0.647. The molecule has 4 N–H and O–H groups in total. The van der Waals surface area contributed by atoms with Crippen LogP contribution in [-0.4, -0.2) is 50.5 Å². The first-order valence-corrected chi connectivity index (χ1v) is 22.1. The molecule has 8 atom stereocenters. The zero-order valence-electron chi connectivity index (χ0n) is 37.3. The molecule has 4 aliphatic rings. The summed E-state index contributed by atoms with van der Waals surface area (Å²) in [6.45, 7) is 21.4. The first-order valence-electron chi connectivity index (χ1n) is 22.1. The molecule has 0 aromatic heterocycles. The van der Waals surface area contributed by atoms with E-state index in [0.717, 1.165) is 51.4 Å². The van der Waals surface area contributed by atoms with Crippen molar-refractivity contribution in [3.63, 3.8) is 0 Å². The van der Waals surface area contributed by atoms with E-state index in [0.29, 0.717) is 60.4 Å². The minimum absolute atomic E-state index is 0.0153. The number of carbonyl (C=O) groups excluding carboxylic acids is 2. The van der Waals surface area contributed by atoms with Crippen LogP contribution in [0.1, 0.15) is 152 Å². The van der Waals surface area contributed by atoms with Gasteiger partial charge in [0.05, 0.1) is 6.10 Å². The summed E-state index contributed by atoms with van der Waals surface area (Å²) in [5.41, 5.74) is 4.59. The quantitative estimate of drug-likeness (QED) is 0.0568. The van der Waals surface area contributed by atoms with Crippen LogP contribution in [0.5, 0.6) is 11.5 Å². The Morgan fingerprint density at radius 1 is 0.966 bits per heavy atom. The summed E-state index contributed by atoms with van der Waals surface area (Å²) in [6, 6.07) is 4.31. The molecule has 0 amide bonds. The average Bonchev–Trinajstić information content (AvgIpc) is 3.44. The topological polar surface area (TPSA) is 124 Å². The second kappa shape index (κ2) is 17.7. The molecule has 0 spiro atoms. The van der Waals surface area contributed by atoms with Crippen LogP contribution < -0.4 is 0 Å². The number of carbonyl (C=O) groups is 2. The summed E-state index contributed by atoms with van der Waals surface area (Å²) >= 11 is 0. The van der Waals surface area contributed by atoms with Crippen LogP contribution in [0.15, 0.2) is 76.4 Å². The lowest BCUT2D eigenvalue weighted by atomic mass is 9.44. The number of fused-ring (bicyclic) bond motifs is 5. The van der Waals surface area contributed by atoms with Crippen LogP contribution in [0.2, 0.25) is 0 Å². The molecule has 0 heterocycles. The van der Waals surface area contributed by atoms with E-state index in [-0.39, 0.29) is 46.2 Å². The van der Waals surface area contributed by atoms with Crippen LogP contribution in [0.3, 0.4) is 0 Å². The van der Waals surface area contributed by atoms with Gasteiger partial charge in [0.25, 0.3) is 0 Å². The number of esters is 1. The van der Waals surface area contributed by atoms with E-state index in [9.17, 15) is 30.0 Å². The summed E-state index contributed by atoms with van der Waals surface area (Å²) in [7, 11) is 0. The van der Waals surface area contributed by atoms with Crippen LogP contribution in [0.4, 0.5) is 0 Å². The number of phenols is 2. The van der Waals surface area contributed by atoms with Crippen LogP contribution >= 0.6 is 0 Å². The van der Waals surface area contributed by atoms with Crippen LogP contribution in [0.25, 0.3) is 0 Å². The molecule has 5 rings (SSSR count). The van der Waals surface area contributed by atoms with Crippen molar-refractivity contribution in [3.8, 4) is 11.5 Å². The minimum atomic E-state index is -1.64. The Kier molecular flexibility index (Phi) is 13.9. The molecule has 58 heavy (non-hydrogen) atoms. The van der Waals surface area contributed by atoms with Crippen molar-refractivity contribution in [2.45, 2.75) is 164 Å². The SMILES string of the molecule is CC(C)=CCC/C(C)=C/CC/C(=C\Cc1cc(O)ccc1O)C(=O)OC[C@@](C)(O)[C@@H](O)CC[C@@H](C)[C@H]1CC[C@@]2(C)C3=CC[C@H]4C(C)(C)C(=O)CC[C@]4(C)C3=CC[C@]12C. The van der Waals surface area contributed by atoms with Gasteiger partial charge >= 0.3 is 5.97 Å². The largest absolute Gasteiger partial charge is 0.508 e. The maximum atomic E-state index is 13.5. The van der Waals surface area contributed by atoms with Gasteiger partial charge in [-0.25, -0.2) is 4.79 Å². The first kappa shape index (κ1) is 45.7. The predicted molar refractivity (Wildman–Crippen MR) is 233 cm³/mol. The summed E-state index contributed by atoms with van der Waals surface area (Å²) in [5.74, 6) is 0.971. The normalized spacial score (nSPS) is 30.2. The van der Waals surface area contributed by atoms with Gasteiger partial charge in [-0.2, -0.15) is 0 Å². The lowest BCUT2D eigenvalue weighted by molar-refractivity contribution is -0.155. The molecule has 7 heteroatoms. The number of rotatable bonds is 16. The number of allylic oxidation sites excluding steroid dienone is 9. The van der Waals surface area contributed by atoms with E-state index in [4.69, 9.17) is 4.74 Å². The number of ether oxygens (including phenoxy) is 1. The maximum absolute atomic E-state index is 13.5. The van der Waals surface area contributed by atoms with Crippen molar-refractivity contribution < 1.29 is 34.8 Å². The molecule has 1 aromatic rings. The monoisotopic (exact) mass is 799 g/mol. The summed E-state index contributed by atoms with van der Waals surface area (Å²) in [6.07, 6.45) is 20.0. The van der Waals surface area contributed by atoms with Gasteiger partial charge in [-0.15, -0.1) is 0 Å². The van der Waals surface area contributed by atoms with E-state index in [1.165, 1.54) is 47.4 Å². The van der Waals surface area contributed by atoms with Gasteiger partial charge in [-0.3, -0.25) is 4.79 Å². The third-order valence-corrected chi connectivity index (χ3v) is 15.7. The van der Waals surface area contributed by atoms with Gasteiger partial charge in [-0.1, -0.05) is 83.1 Å². The van der Waals surface area contributed by atoms with E-state index in [1.54, 1.807) is 6.08 Å². The highest BCUT2D eigenvalue weighted by molar-refractivity contribution is 5.88. The smallest absolute Gasteiger partial charge is 0.333 e. The molecule has 0 saturated heterocycles. The molecule has 2 fully saturated rings. The number of ketones is 1. The highest BCUT2D eigenvalue weighted by Crippen LogP contribution is 2.71. The molecule has 4 aliphatic carbocycles.